The topological polar surface area (TPSA) is 142 Å². The molecule has 2 aliphatic heterocycles. The van der Waals surface area contributed by atoms with Gasteiger partial charge in [-0.05, 0) is 43.7 Å². The Hall–Kier alpha value is -5.44. The molecule has 1 fully saturated rings. The van der Waals surface area contributed by atoms with Gasteiger partial charge in [-0.2, -0.15) is 0 Å². The molecule has 1 unspecified atom stereocenters. The molecular weight excluding hydrogens is 618 g/mol. The summed E-state index contributed by atoms with van der Waals surface area (Å²) < 4.78 is 33.5. The number of anilines is 4. The quantitative estimate of drug-likeness (QED) is 0.221. The van der Waals surface area contributed by atoms with Gasteiger partial charge in [-0.25, -0.2) is 23.7 Å². The molecule has 3 amide bonds. The standard InChI is InChI=1S/C31H30F2N8O4S/c1-6-8-19(33)26(17(4)32)38-30(44)23-14-35-31(46-23)39-27-22(45-5)10-9-20(36-27)18-13-34-28-25(16(18)3)37-29(43)21-15-40(24(42)7-2)11-12-41(21)28/h6-10,13-14,21H,2,4,11-12,15H2,1,3,5H3,(H,37,43)(H,38,44)(H,35,36,39)/b8-6-,26-19-. The minimum atomic E-state index is -1.13. The highest BCUT2D eigenvalue weighted by molar-refractivity contribution is 7.17. The average molecular weight is 649 g/mol. The van der Waals surface area contributed by atoms with Crippen LogP contribution >= 0.6 is 11.3 Å². The second-order valence-electron chi connectivity index (χ2n) is 10.2. The molecule has 0 aliphatic carbocycles. The van der Waals surface area contributed by atoms with Crippen LogP contribution in [0.4, 0.5) is 31.2 Å². The molecule has 0 radical (unpaired) electrons. The van der Waals surface area contributed by atoms with Crippen LogP contribution in [0.3, 0.4) is 0 Å². The van der Waals surface area contributed by atoms with Crippen LogP contribution in [0.2, 0.25) is 0 Å². The molecule has 1 atom stereocenters. The maximum atomic E-state index is 14.2. The molecule has 2 aliphatic rings. The molecule has 3 N–H and O–H groups in total. The summed E-state index contributed by atoms with van der Waals surface area (Å²) in [7, 11) is 1.47. The fraction of sp³-hybridized carbons (Fsp3) is 0.226. The van der Waals surface area contributed by atoms with Gasteiger partial charge in [0.05, 0.1) is 31.2 Å². The molecule has 0 aromatic carbocycles. The zero-order chi connectivity index (χ0) is 33.1. The van der Waals surface area contributed by atoms with Crippen molar-refractivity contribution in [2.45, 2.75) is 19.9 Å². The van der Waals surface area contributed by atoms with E-state index in [1.807, 2.05) is 11.8 Å². The van der Waals surface area contributed by atoms with Gasteiger partial charge in [0.2, 0.25) is 11.8 Å². The Balaban J connectivity index is 1.39. The second-order valence-corrected chi connectivity index (χ2v) is 11.2. The maximum Gasteiger partial charge on any atom is 0.267 e. The minimum Gasteiger partial charge on any atom is -0.493 e. The number of aromatic nitrogens is 3. The van der Waals surface area contributed by atoms with Gasteiger partial charge in [0, 0.05) is 24.8 Å². The lowest BCUT2D eigenvalue weighted by atomic mass is 10.0. The Morgan fingerprint density at radius 2 is 2.00 bits per heavy atom. The number of rotatable bonds is 9. The van der Waals surface area contributed by atoms with Crippen molar-refractivity contribution in [1.82, 2.24) is 25.2 Å². The van der Waals surface area contributed by atoms with Gasteiger partial charge in [0.25, 0.3) is 5.91 Å². The van der Waals surface area contributed by atoms with Crippen LogP contribution < -0.4 is 25.6 Å². The smallest absolute Gasteiger partial charge is 0.267 e. The summed E-state index contributed by atoms with van der Waals surface area (Å²) in [4.78, 5) is 55.1. The van der Waals surface area contributed by atoms with Crippen LogP contribution in [0.25, 0.3) is 11.3 Å². The van der Waals surface area contributed by atoms with Crippen molar-refractivity contribution in [2.24, 2.45) is 0 Å². The summed E-state index contributed by atoms with van der Waals surface area (Å²) in [6, 6.07) is 2.86. The van der Waals surface area contributed by atoms with Crippen LogP contribution in [-0.4, -0.2) is 70.4 Å². The van der Waals surface area contributed by atoms with E-state index in [0.29, 0.717) is 41.6 Å². The number of hydrogen-bond acceptors (Lipinski definition) is 10. The Bertz CT molecular complexity index is 1820. The first-order chi connectivity index (χ1) is 22.1. The number of amides is 3. The first kappa shape index (κ1) is 32.0. The average Bonchev–Trinajstić information content (AvgIpc) is 3.52. The molecule has 238 valence electrons. The number of fused-ring (bicyclic) bond motifs is 3. The third kappa shape index (κ3) is 6.21. The number of piperazine rings is 1. The third-order valence-electron chi connectivity index (χ3n) is 7.38. The number of nitrogens with one attached hydrogen (secondary N) is 3. The van der Waals surface area contributed by atoms with Gasteiger partial charge in [0.15, 0.2) is 22.5 Å². The van der Waals surface area contributed by atoms with E-state index in [9.17, 15) is 23.2 Å². The Morgan fingerprint density at radius 1 is 1.22 bits per heavy atom. The molecule has 3 aromatic heterocycles. The van der Waals surface area contributed by atoms with Crippen molar-refractivity contribution >= 4 is 51.5 Å². The number of ether oxygens (including phenoxy) is 1. The van der Waals surface area contributed by atoms with Crippen LogP contribution in [0.15, 0.2) is 73.3 Å². The number of carbonyl (C=O) groups is 3. The van der Waals surface area contributed by atoms with Crippen molar-refractivity contribution < 1.29 is 27.9 Å². The maximum absolute atomic E-state index is 14.2. The zero-order valence-electron chi connectivity index (χ0n) is 25.2. The Kier molecular flexibility index (Phi) is 9.23. The number of pyridine rings is 2. The number of allylic oxidation sites excluding steroid dienone is 4. The molecule has 0 saturated carbocycles. The van der Waals surface area contributed by atoms with Crippen LogP contribution in [0.5, 0.6) is 5.75 Å². The van der Waals surface area contributed by atoms with E-state index in [0.717, 1.165) is 23.0 Å². The molecule has 0 bridgehead atoms. The first-order valence-corrected chi connectivity index (χ1v) is 14.8. The van der Waals surface area contributed by atoms with Crippen LogP contribution in [0.1, 0.15) is 22.2 Å². The summed E-state index contributed by atoms with van der Waals surface area (Å²) >= 11 is 0.931. The zero-order valence-corrected chi connectivity index (χ0v) is 26.0. The number of carbonyl (C=O) groups excluding carboxylic acids is 3. The summed E-state index contributed by atoms with van der Waals surface area (Å²) in [5, 5.41) is 8.45. The van der Waals surface area contributed by atoms with Gasteiger partial charge >= 0.3 is 0 Å². The van der Waals surface area contributed by atoms with Crippen LogP contribution in [-0.2, 0) is 9.59 Å². The third-order valence-corrected chi connectivity index (χ3v) is 8.29. The highest BCUT2D eigenvalue weighted by Crippen LogP contribution is 2.39. The van der Waals surface area contributed by atoms with Crippen molar-refractivity contribution in [2.75, 3.05) is 42.3 Å². The molecule has 5 heterocycles. The van der Waals surface area contributed by atoms with Gasteiger partial charge in [-0.15, -0.1) is 0 Å². The number of nitrogens with zero attached hydrogens (tertiary/aromatic N) is 5. The molecule has 1 saturated heterocycles. The Labute approximate surface area is 267 Å². The SMILES string of the molecule is C=CC(=O)N1CCN2c3ncc(-c4ccc(OC)c(Nc5ncc(C(=O)N/C(C(=C)F)=C(F)/C=C\C)s5)n4)c(C)c3NC(=O)C2C1. The largest absolute Gasteiger partial charge is 0.493 e. The number of halogens is 2. The number of hydrogen-bond donors (Lipinski definition) is 3. The first-order valence-electron chi connectivity index (χ1n) is 14.0. The molecule has 15 heteroatoms. The van der Waals surface area contributed by atoms with Crippen LogP contribution in [0, 0.1) is 6.92 Å². The van der Waals surface area contributed by atoms with Gasteiger partial charge in [0.1, 0.15) is 28.3 Å². The van der Waals surface area contributed by atoms with Crippen molar-refractivity contribution in [3.63, 3.8) is 0 Å². The van der Waals surface area contributed by atoms with Crippen molar-refractivity contribution in [1.29, 1.82) is 0 Å². The lowest BCUT2D eigenvalue weighted by molar-refractivity contribution is -0.128. The Morgan fingerprint density at radius 3 is 2.70 bits per heavy atom. The highest BCUT2D eigenvalue weighted by atomic mass is 32.1. The summed E-state index contributed by atoms with van der Waals surface area (Å²) in [5.74, 6) is -2.09. The van der Waals surface area contributed by atoms with E-state index < -0.39 is 29.3 Å². The van der Waals surface area contributed by atoms with Crippen molar-refractivity contribution in [3.05, 3.63) is 83.7 Å². The normalized spacial score (nSPS) is 16.2. The van der Waals surface area contributed by atoms with Gasteiger partial charge in [-0.3, -0.25) is 14.4 Å². The van der Waals surface area contributed by atoms with E-state index in [1.54, 1.807) is 30.2 Å². The molecule has 3 aromatic rings. The minimum absolute atomic E-state index is 0.0723. The van der Waals surface area contributed by atoms with E-state index in [2.05, 4.69) is 39.1 Å². The lowest BCUT2D eigenvalue weighted by Crippen LogP contribution is -2.61. The molecular formula is C31H30F2N8O4S. The predicted molar refractivity (Wildman–Crippen MR) is 171 cm³/mol. The monoisotopic (exact) mass is 648 g/mol. The highest BCUT2D eigenvalue weighted by Gasteiger charge is 2.40. The summed E-state index contributed by atoms with van der Waals surface area (Å²) in [6.07, 6.45) is 6.53. The van der Waals surface area contributed by atoms with Gasteiger partial charge < -0.3 is 30.5 Å². The fourth-order valence-corrected chi connectivity index (χ4v) is 5.77. The lowest BCUT2D eigenvalue weighted by Gasteiger charge is -2.44. The molecule has 12 nitrogen and oxygen atoms in total. The molecule has 46 heavy (non-hydrogen) atoms. The van der Waals surface area contributed by atoms with Gasteiger partial charge in [-0.1, -0.05) is 30.6 Å². The summed E-state index contributed by atoms with van der Waals surface area (Å²) in [5.41, 5.74) is 1.78. The van der Waals surface area contributed by atoms with E-state index in [1.165, 1.54) is 25.5 Å². The predicted octanol–water partition coefficient (Wildman–Crippen LogP) is 4.79. The number of methoxy groups -OCH3 is 1. The van der Waals surface area contributed by atoms with Crippen molar-refractivity contribution in [3.8, 4) is 17.0 Å². The molecule has 0 spiro atoms. The fourth-order valence-electron chi connectivity index (χ4n) is 5.06. The van der Waals surface area contributed by atoms with E-state index in [-0.39, 0.29) is 34.2 Å². The number of thiazole rings is 1. The molecule has 5 rings (SSSR count). The second kappa shape index (κ2) is 13.3. The van der Waals surface area contributed by atoms with E-state index >= 15 is 0 Å². The van der Waals surface area contributed by atoms with E-state index in [4.69, 9.17) is 9.72 Å². The summed E-state index contributed by atoms with van der Waals surface area (Å²) in [6.45, 7) is 11.1.